The molecule has 1 aromatic rings. The van der Waals surface area contributed by atoms with Crippen molar-refractivity contribution in [1.29, 1.82) is 0 Å². The number of carbonyl (C=O) groups excluding carboxylic acids is 2. The van der Waals surface area contributed by atoms with E-state index < -0.39 is 5.25 Å². The lowest BCUT2D eigenvalue weighted by atomic mass is 10.2. The van der Waals surface area contributed by atoms with Crippen LogP contribution in [0.25, 0.3) is 0 Å². The first kappa shape index (κ1) is 20.1. The Kier molecular flexibility index (Phi) is 6.39. The minimum atomic E-state index is -0.481. The highest BCUT2D eigenvalue weighted by molar-refractivity contribution is 8.23. The van der Waals surface area contributed by atoms with Gasteiger partial charge in [0.2, 0.25) is 11.8 Å². The van der Waals surface area contributed by atoms with Gasteiger partial charge in [0.25, 0.3) is 0 Å². The maximum absolute atomic E-state index is 12.8. The molecule has 0 aromatic heterocycles. The molecule has 2 heterocycles. The Morgan fingerprint density at radius 1 is 1.22 bits per heavy atom. The lowest BCUT2D eigenvalue weighted by molar-refractivity contribution is -0.121. The number of morpholine rings is 1. The highest BCUT2D eigenvalue weighted by Crippen LogP contribution is 2.32. The number of thioether (sulfide) groups is 1. The van der Waals surface area contributed by atoms with Crippen molar-refractivity contribution in [3.05, 3.63) is 24.3 Å². The molecule has 0 bridgehead atoms. The third-order valence-corrected chi connectivity index (χ3v) is 6.09. The summed E-state index contributed by atoms with van der Waals surface area (Å²) in [6.45, 7) is 7.89. The van der Waals surface area contributed by atoms with Crippen LogP contribution in [0.5, 0.6) is 5.75 Å². The molecule has 3 rings (SSSR count). The van der Waals surface area contributed by atoms with E-state index in [4.69, 9.17) is 21.7 Å². The quantitative estimate of drug-likeness (QED) is 0.561. The van der Waals surface area contributed by atoms with E-state index in [9.17, 15) is 9.59 Å². The molecular formula is C19H24N2O4S2. The van der Waals surface area contributed by atoms with Crippen LogP contribution in [-0.4, -0.2) is 58.2 Å². The van der Waals surface area contributed by atoms with Crippen LogP contribution in [-0.2, 0) is 14.3 Å². The van der Waals surface area contributed by atoms with Crippen LogP contribution in [0.4, 0.5) is 5.69 Å². The molecule has 146 valence electrons. The lowest BCUT2D eigenvalue weighted by Gasteiger charge is -2.36. The summed E-state index contributed by atoms with van der Waals surface area (Å²) in [5.41, 5.74) is 0.566. The molecule has 6 nitrogen and oxygen atoms in total. The van der Waals surface area contributed by atoms with Gasteiger partial charge in [-0.15, -0.1) is 0 Å². The van der Waals surface area contributed by atoms with E-state index in [0.29, 0.717) is 35.5 Å². The SMILES string of the molecule is CCOc1ccc(N2C(=O)C[C@@H](SC(=S)N3C[C@H](C)O[C@@H](C)C3)C2=O)cc1. The zero-order valence-electron chi connectivity index (χ0n) is 15.7. The standard InChI is InChI=1S/C19H24N2O4S2/c1-4-24-15-7-5-14(6-8-15)21-17(22)9-16(18(21)23)27-19(26)20-10-12(2)25-13(3)11-20/h5-8,12-13,16H,4,9-11H2,1-3H3/t12-,13-,16+/m0/s1. The molecule has 0 spiro atoms. The van der Waals surface area contributed by atoms with Crippen LogP contribution in [0.3, 0.4) is 0 Å². The molecule has 0 radical (unpaired) electrons. The average molecular weight is 409 g/mol. The van der Waals surface area contributed by atoms with E-state index in [-0.39, 0.29) is 30.4 Å². The van der Waals surface area contributed by atoms with Crippen molar-refractivity contribution < 1.29 is 19.1 Å². The minimum Gasteiger partial charge on any atom is -0.494 e. The first-order chi connectivity index (χ1) is 12.9. The molecule has 2 amide bonds. The van der Waals surface area contributed by atoms with E-state index in [0.717, 1.165) is 0 Å². The van der Waals surface area contributed by atoms with Crippen molar-refractivity contribution in [3.63, 3.8) is 0 Å². The van der Waals surface area contributed by atoms with Crippen LogP contribution >= 0.6 is 24.0 Å². The fourth-order valence-electron chi connectivity index (χ4n) is 3.35. The maximum atomic E-state index is 12.8. The Morgan fingerprint density at radius 3 is 2.44 bits per heavy atom. The summed E-state index contributed by atoms with van der Waals surface area (Å²) in [6, 6.07) is 7.00. The van der Waals surface area contributed by atoms with Gasteiger partial charge in [-0.2, -0.15) is 0 Å². The lowest BCUT2D eigenvalue weighted by Crippen LogP contribution is -2.47. The van der Waals surface area contributed by atoms with E-state index in [1.807, 2.05) is 20.8 Å². The highest BCUT2D eigenvalue weighted by atomic mass is 32.2. The predicted octanol–water partition coefficient (Wildman–Crippen LogP) is 2.84. The number of amides is 2. The molecule has 0 aliphatic carbocycles. The Balaban J connectivity index is 1.66. The number of nitrogens with zero attached hydrogens (tertiary/aromatic N) is 2. The molecule has 1 aromatic carbocycles. The molecule has 2 fully saturated rings. The fraction of sp³-hybridized carbons (Fsp3) is 0.526. The second kappa shape index (κ2) is 8.58. The summed E-state index contributed by atoms with van der Waals surface area (Å²) in [6.07, 6.45) is 0.342. The Bertz CT molecular complexity index is 715. The number of benzene rings is 1. The van der Waals surface area contributed by atoms with Gasteiger partial charge >= 0.3 is 0 Å². The number of imide groups is 1. The van der Waals surface area contributed by atoms with Crippen LogP contribution < -0.4 is 9.64 Å². The average Bonchev–Trinajstić information content (AvgIpc) is 2.89. The molecule has 2 saturated heterocycles. The van der Waals surface area contributed by atoms with Crippen LogP contribution in [0, 0.1) is 0 Å². The van der Waals surface area contributed by atoms with Gasteiger partial charge in [-0.3, -0.25) is 9.59 Å². The normalized spacial score (nSPS) is 25.8. The molecule has 27 heavy (non-hydrogen) atoms. The van der Waals surface area contributed by atoms with Crippen LogP contribution in [0.1, 0.15) is 27.2 Å². The van der Waals surface area contributed by atoms with Crippen LogP contribution in [0.2, 0.25) is 0 Å². The van der Waals surface area contributed by atoms with Gasteiger partial charge in [-0.25, -0.2) is 4.90 Å². The van der Waals surface area contributed by atoms with Crippen LogP contribution in [0.15, 0.2) is 24.3 Å². The van der Waals surface area contributed by atoms with Crippen molar-refractivity contribution >= 4 is 45.8 Å². The van der Waals surface area contributed by atoms with Crippen molar-refractivity contribution in [3.8, 4) is 5.75 Å². The van der Waals surface area contributed by atoms with Gasteiger partial charge in [0, 0.05) is 19.5 Å². The molecule has 0 unspecified atom stereocenters. The molecular weight excluding hydrogens is 384 g/mol. The number of hydrogen-bond donors (Lipinski definition) is 0. The van der Waals surface area contributed by atoms with E-state index >= 15 is 0 Å². The second-order valence-electron chi connectivity index (χ2n) is 6.73. The molecule has 0 saturated carbocycles. The van der Waals surface area contributed by atoms with Crippen molar-refractivity contribution in [2.75, 3.05) is 24.6 Å². The fourth-order valence-corrected chi connectivity index (χ4v) is 4.82. The molecule has 8 heteroatoms. The zero-order valence-corrected chi connectivity index (χ0v) is 17.3. The van der Waals surface area contributed by atoms with E-state index in [1.54, 1.807) is 24.3 Å². The van der Waals surface area contributed by atoms with Gasteiger partial charge in [-0.05, 0) is 45.0 Å². The zero-order chi connectivity index (χ0) is 19.6. The third-order valence-electron chi connectivity index (χ3n) is 4.43. The third kappa shape index (κ3) is 4.62. The first-order valence-electron chi connectivity index (χ1n) is 9.09. The summed E-state index contributed by atoms with van der Waals surface area (Å²) in [7, 11) is 0. The Morgan fingerprint density at radius 2 is 1.85 bits per heavy atom. The van der Waals surface area contributed by atoms with E-state index in [1.165, 1.54) is 16.7 Å². The number of ether oxygens (including phenoxy) is 2. The summed E-state index contributed by atoms with van der Waals surface area (Å²) in [5, 5.41) is -0.481. The summed E-state index contributed by atoms with van der Waals surface area (Å²) in [5.74, 6) is 0.294. The smallest absolute Gasteiger partial charge is 0.247 e. The number of hydrogen-bond acceptors (Lipinski definition) is 6. The molecule has 2 aliphatic heterocycles. The largest absolute Gasteiger partial charge is 0.494 e. The van der Waals surface area contributed by atoms with Gasteiger partial charge < -0.3 is 14.4 Å². The number of carbonyl (C=O) groups is 2. The van der Waals surface area contributed by atoms with Crippen molar-refractivity contribution in [2.24, 2.45) is 0 Å². The molecule has 2 aliphatic rings. The minimum absolute atomic E-state index is 0.0913. The highest BCUT2D eigenvalue weighted by Gasteiger charge is 2.41. The topological polar surface area (TPSA) is 59.1 Å². The van der Waals surface area contributed by atoms with Gasteiger partial charge in [0.05, 0.1) is 24.5 Å². The van der Waals surface area contributed by atoms with Gasteiger partial charge in [0.15, 0.2) is 0 Å². The van der Waals surface area contributed by atoms with Crippen molar-refractivity contribution in [1.82, 2.24) is 4.90 Å². The predicted molar refractivity (Wildman–Crippen MR) is 110 cm³/mol. The Hall–Kier alpha value is -1.64. The number of thiocarbonyl (C=S) groups is 1. The summed E-state index contributed by atoms with van der Waals surface area (Å²) in [4.78, 5) is 28.6. The van der Waals surface area contributed by atoms with Gasteiger partial charge in [0.1, 0.15) is 15.3 Å². The van der Waals surface area contributed by atoms with E-state index in [2.05, 4.69) is 4.90 Å². The molecule has 3 atom stereocenters. The summed E-state index contributed by atoms with van der Waals surface area (Å²) >= 11 is 6.85. The first-order valence-corrected chi connectivity index (χ1v) is 10.4. The Labute approximate surface area is 169 Å². The molecule has 0 N–H and O–H groups in total. The van der Waals surface area contributed by atoms with Crippen molar-refractivity contribution in [2.45, 2.75) is 44.6 Å². The second-order valence-corrected chi connectivity index (χ2v) is 8.57. The number of rotatable bonds is 4. The maximum Gasteiger partial charge on any atom is 0.247 e. The number of anilines is 1. The summed E-state index contributed by atoms with van der Waals surface area (Å²) < 4.78 is 11.8. The monoisotopic (exact) mass is 408 g/mol. The van der Waals surface area contributed by atoms with Gasteiger partial charge in [-0.1, -0.05) is 24.0 Å².